The van der Waals surface area contributed by atoms with E-state index in [0.717, 1.165) is 31.8 Å². The van der Waals surface area contributed by atoms with E-state index >= 15 is 0 Å². The molecule has 0 aromatic carbocycles. The molecular formula is C12H20N4O. The summed E-state index contributed by atoms with van der Waals surface area (Å²) >= 11 is 0. The summed E-state index contributed by atoms with van der Waals surface area (Å²) in [6.45, 7) is 4.84. The maximum absolute atomic E-state index is 5.69. The first-order chi connectivity index (χ1) is 8.33. The molecule has 0 radical (unpaired) electrons. The van der Waals surface area contributed by atoms with Crippen LogP contribution in [-0.2, 0) is 4.74 Å². The van der Waals surface area contributed by atoms with Crippen molar-refractivity contribution in [2.24, 2.45) is 5.84 Å². The molecule has 1 unspecified atom stereocenters. The summed E-state index contributed by atoms with van der Waals surface area (Å²) in [6.07, 6.45) is 4.43. The summed E-state index contributed by atoms with van der Waals surface area (Å²) in [5, 5.41) is 0. The number of pyridine rings is 1. The Morgan fingerprint density at radius 3 is 3.29 bits per heavy atom. The van der Waals surface area contributed by atoms with Crippen molar-refractivity contribution in [3.63, 3.8) is 0 Å². The topological polar surface area (TPSA) is 63.4 Å². The number of hydrogen-bond donors (Lipinski definition) is 2. The number of hydrogen-bond acceptors (Lipinski definition) is 5. The number of hydrazine groups is 1. The van der Waals surface area contributed by atoms with Crippen LogP contribution in [0.3, 0.4) is 0 Å². The molecule has 1 aromatic rings. The monoisotopic (exact) mass is 236 g/mol. The summed E-state index contributed by atoms with van der Waals surface area (Å²) in [4.78, 5) is 6.44. The second-order valence-electron chi connectivity index (χ2n) is 4.21. The molecule has 0 amide bonds. The van der Waals surface area contributed by atoms with Crippen molar-refractivity contribution in [2.75, 3.05) is 30.0 Å². The van der Waals surface area contributed by atoms with Crippen molar-refractivity contribution < 1.29 is 4.74 Å². The number of nitrogens with two attached hydrogens (primary N) is 1. The highest BCUT2D eigenvalue weighted by Crippen LogP contribution is 2.22. The van der Waals surface area contributed by atoms with Crippen molar-refractivity contribution in [1.82, 2.24) is 4.98 Å². The lowest BCUT2D eigenvalue weighted by Gasteiger charge is -2.34. The molecule has 2 rings (SSSR count). The number of nitrogens with one attached hydrogen (secondary N) is 1. The third-order valence-electron chi connectivity index (χ3n) is 3.04. The Bertz CT molecular complexity index is 356. The molecule has 2 heterocycles. The van der Waals surface area contributed by atoms with Crippen LogP contribution in [0, 0.1) is 0 Å². The van der Waals surface area contributed by atoms with E-state index in [1.54, 1.807) is 6.20 Å². The van der Waals surface area contributed by atoms with Crippen molar-refractivity contribution in [3.8, 4) is 0 Å². The molecule has 5 heteroatoms. The molecule has 0 bridgehead atoms. The van der Waals surface area contributed by atoms with Gasteiger partial charge in [-0.05, 0) is 25.8 Å². The summed E-state index contributed by atoms with van der Waals surface area (Å²) in [5.41, 5.74) is 3.72. The minimum atomic E-state index is 0.344. The lowest BCUT2D eigenvalue weighted by atomic mass is 10.1. The third-order valence-corrected chi connectivity index (χ3v) is 3.04. The summed E-state index contributed by atoms with van der Waals surface area (Å²) in [7, 11) is 0. The highest BCUT2D eigenvalue weighted by Gasteiger charge is 2.20. The standard InChI is InChI=1S/C12H20N4O/c1-2-17-11-4-3-7-16(9-11)10-5-6-14-12(8-10)15-13/h5-6,8,11H,2-4,7,9,13H2,1H3,(H,14,15). The van der Waals surface area contributed by atoms with Crippen LogP contribution in [-0.4, -0.2) is 30.8 Å². The third kappa shape index (κ3) is 3.08. The average Bonchev–Trinajstić information content (AvgIpc) is 2.40. The quantitative estimate of drug-likeness (QED) is 0.610. The van der Waals surface area contributed by atoms with Crippen LogP contribution in [0.2, 0.25) is 0 Å². The fraction of sp³-hybridized carbons (Fsp3) is 0.583. The highest BCUT2D eigenvalue weighted by atomic mass is 16.5. The van der Waals surface area contributed by atoms with E-state index in [9.17, 15) is 0 Å². The first kappa shape index (κ1) is 12.1. The Balaban J connectivity index is 2.05. The van der Waals surface area contributed by atoms with E-state index < -0.39 is 0 Å². The van der Waals surface area contributed by atoms with Gasteiger partial charge in [-0.15, -0.1) is 0 Å². The number of piperidine rings is 1. The summed E-state index contributed by atoms with van der Waals surface area (Å²) < 4.78 is 5.69. The predicted molar refractivity (Wildman–Crippen MR) is 68.9 cm³/mol. The van der Waals surface area contributed by atoms with Crippen LogP contribution in [0.1, 0.15) is 19.8 Å². The van der Waals surface area contributed by atoms with Gasteiger partial charge in [-0.3, -0.25) is 0 Å². The first-order valence-electron chi connectivity index (χ1n) is 6.12. The van der Waals surface area contributed by atoms with E-state index in [1.165, 1.54) is 6.42 Å². The van der Waals surface area contributed by atoms with Crippen LogP contribution in [0.25, 0.3) is 0 Å². The molecule has 5 nitrogen and oxygen atoms in total. The second kappa shape index (κ2) is 5.84. The van der Waals surface area contributed by atoms with Gasteiger partial charge in [0.1, 0.15) is 5.82 Å². The van der Waals surface area contributed by atoms with E-state index in [1.807, 2.05) is 19.1 Å². The van der Waals surface area contributed by atoms with Crippen LogP contribution in [0.15, 0.2) is 18.3 Å². The molecule has 1 saturated heterocycles. The summed E-state index contributed by atoms with van der Waals surface area (Å²) in [5.74, 6) is 6.06. The Hall–Kier alpha value is -1.33. The lowest BCUT2D eigenvalue weighted by molar-refractivity contribution is 0.0527. The number of aromatic nitrogens is 1. The minimum absolute atomic E-state index is 0.344. The molecule has 1 aromatic heterocycles. The Morgan fingerprint density at radius 2 is 2.53 bits per heavy atom. The smallest absolute Gasteiger partial charge is 0.141 e. The number of nitrogens with zero attached hydrogens (tertiary/aromatic N) is 2. The number of ether oxygens (including phenoxy) is 1. The van der Waals surface area contributed by atoms with Gasteiger partial charge in [0.05, 0.1) is 6.10 Å². The predicted octanol–water partition coefficient (Wildman–Crippen LogP) is 1.37. The van der Waals surface area contributed by atoms with Crippen LogP contribution in [0.5, 0.6) is 0 Å². The lowest BCUT2D eigenvalue weighted by Crippen LogP contribution is -2.39. The second-order valence-corrected chi connectivity index (χ2v) is 4.21. The van der Waals surface area contributed by atoms with Gasteiger partial charge in [0.15, 0.2) is 0 Å². The van der Waals surface area contributed by atoms with Crippen molar-refractivity contribution in [2.45, 2.75) is 25.9 Å². The van der Waals surface area contributed by atoms with Gasteiger partial charge in [0.2, 0.25) is 0 Å². The zero-order chi connectivity index (χ0) is 12.1. The Labute approximate surface area is 102 Å². The molecule has 94 valence electrons. The molecule has 1 atom stereocenters. The maximum Gasteiger partial charge on any atom is 0.141 e. The fourth-order valence-electron chi connectivity index (χ4n) is 2.24. The molecular weight excluding hydrogens is 216 g/mol. The molecule has 3 N–H and O–H groups in total. The molecule has 1 aliphatic heterocycles. The van der Waals surface area contributed by atoms with Gasteiger partial charge in [0.25, 0.3) is 0 Å². The first-order valence-corrected chi connectivity index (χ1v) is 6.12. The Morgan fingerprint density at radius 1 is 1.65 bits per heavy atom. The zero-order valence-corrected chi connectivity index (χ0v) is 10.2. The minimum Gasteiger partial charge on any atom is -0.377 e. The van der Waals surface area contributed by atoms with Gasteiger partial charge in [0, 0.05) is 37.6 Å². The van der Waals surface area contributed by atoms with Crippen LogP contribution in [0.4, 0.5) is 11.5 Å². The summed E-state index contributed by atoms with van der Waals surface area (Å²) in [6, 6.07) is 3.98. The normalized spacial score (nSPS) is 20.4. The van der Waals surface area contributed by atoms with Crippen LogP contribution < -0.4 is 16.2 Å². The van der Waals surface area contributed by atoms with Crippen molar-refractivity contribution in [3.05, 3.63) is 18.3 Å². The number of anilines is 2. The highest BCUT2D eigenvalue weighted by molar-refractivity contribution is 5.53. The van der Waals surface area contributed by atoms with Gasteiger partial charge in [-0.1, -0.05) is 0 Å². The van der Waals surface area contributed by atoms with Gasteiger partial charge in [-0.2, -0.15) is 0 Å². The molecule has 0 aliphatic carbocycles. The number of nitrogen functional groups attached to an aromatic ring is 1. The molecule has 1 aliphatic rings. The fourth-order valence-corrected chi connectivity index (χ4v) is 2.24. The largest absolute Gasteiger partial charge is 0.377 e. The van der Waals surface area contributed by atoms with Gasteiger partial charge >= 0.3 is 0 Å². The van der Waals surface area contributed by atoms with Crippen molar-refractivity contribution >= 4 is 11.5 Å². The van der Waals surface area contributed by atoms with E-state index in [2.05, 4.69) is 15.3 Å². The van der Waals surface area contributed by atoms with E-state index in [4.69, 9.17) is 10.6 Å². The van der Waals surface area contributed by atoms with E-state index in [-0.39, 0.29) is 0 Å². The maximum atomic E-state index is 5.69. The van der Waals surface area contributed by atoms with Crippen molar-refractivity contribution in [1.29, 1.82) is 0 Å². The van der Waals surface area contributed by atoms with Gasteiger partial charge in [-0.25, -0.2) is 10.8 Å². The molecule has 17 heavy (non-hydrogen) atoms. The molecule has 0 spiro atoms. The Kier molecular flexibility index (Phi) is 4.17. The van der Waals surface area contributed by atoms with Crippen LogP contribution >= 0.6 is 0 Å². The average molecular weight is 236 g/mol. The molecule has 1 fully saturated rings. The number of rotatable bonds is 4. The van der Waals surface area contributed by atoms with E-state index in [0.29, 0.717) is 11.9 Å². The zero-order valence-electron chi connectivity index (χ0n) is 10.2. The molecule has 0 saturated carbocycles. The SMILES string of the molecule is CCOC1CCCN(c2ccnc(NN)c2)C1. The van der Waals surface area contributed by atoms with Gasteiger partial charge < -0.3 is 15.1 Å².